The molecule has 3 aromatic rings. The molecule has 1 aliphatic heterocycles. The molecule has 1 saturated heterocycles. The Morgan fingerprint density at radius 2 is 1.64 bits per heavy atom. The highest BCUT2D eigenvalue weighted by atomic mass is 35.5. The van der Waals surface area contributed by atoms with Crippen molar-refractivity contribution in [2.24, 2.45) is 0 Å². The van der Waals surface area contributed by atoms with Gasteiger partial charge in [-0.25, -0.2) is 0 Å². The topological polar surface area (TPSA) is 142 Å². The Morgan fingerprint density at radius 1 is 0.952 bits per heavy atom. The lowest BCUT2D eigenvalue weighted by Crippen LogP contribution is -2.53. The molecule has 11 heteroatoms. The summed E-state index contributed by atoms with van der Waals surface area (Å²) < 4.78 is 0. The Kier molecular flexibility index (Phi) is 9.82. The molecule has 1 heterocycles. The Labute approximate surface area is 247 Å². The number of aldehydes is 1. The van der Waals surface area contributed by atoms with Crippen molar-refractivity contribution in [3.8, 4) is 0 Å². The van der Waals surface area contributed by atoms with E-state index in [4.69, 9.17) is 11.6 Å². The molecule has 0 bridgehead atoms. The Hall–Kier alpha value is -4.83. The number of hydrogen-bond donors (Lipinski definition) is 3. The van der Waals surface area contributed by atoms with Gasteiger partial charge in [-0.2, -0.15) is 0 Å². The van der Waals surface area contributed by atoms with E-state index in [1.807, 2.05) is 30.3 Å². The second-order valence-electron chi connectivity index (χ2n) is 9.89. The third kappa shape index (κ3) is 7.67. The van der Waals surface area contributed by atoms with Crippen LogP contribution >= 0.6 is 11.6 Å². The number of halogens is 1. The lowest BCUT2D eigenvalue weighted by molar-refractivity contribution is -0.136. The van der Waals surface area contributed by atoms with Gasteiger partial charge in [-0.1, -0.05) is 48.0 Å². The molecule has 216 valence electrons. The number of imide groups is 1. The van der Waals surface area contributed by atoms with Gasteiger partial charge in [0.25, 0.3) is 11.8 Å². The van der Waals surface area contributed by atoms with Gasteiger partial charge in [-0.05, 0) is 53.4 Å². The van der Waals surface area contributed by atoms with Gasteiger partial charge in [0.2, 0.25) is 17.7 Å². The predicted octanol–water partition coefficient (Wildman–Crippen LogP) is 2.82. The number of nitrogens with one attached hydrogen (secondary N) is 3. The molecular weight excluding hydrogens is 560 g/mol. The Bertz CT molecular complexity index is 1540. The maximum Gasteiger partial charge on any atom is 0.255 e. The Balaban J connectivity index is 1.30. The van der Waals surface area contributed by atoms with E-state index in [2.05, 4.69) is 16.0 Å². The van der Waals surface area contributed by atoms with E-state index in [-0.39, 0.29) is 48.4 Å². The number of hydrogen-bond acceptors (Lipinski definition) is 6. The van der Waals surface area contributed by atoms with Crippen molar-refractivity contribution in [2.75, 3.05) is 7.05 Å². The van der Waals surface area contributed by atoms with Crippen LogP contribution in [0.15, 0.2) is 66.7 Å². The molecule has 5 amide bonds. The SMILES string of the molecule is CN(C(=O)c1ccc(C(=O)NCc2ccc(CNC(=O)Cc3cccc(Cl)c3)cc2)cc1C=O)C1CCC(=O)NC1=O. The highest BCUT2D eigenvalue weighted by Gasteiger charge is 2.33. The molecule has 0 saturated carbocycles. The number of piperidine rings is 1. The summed E-state index contributed by atoms with van der Waals surface area (Å²) in [6, 6.07) is 17.8. The standard InChI is InChI=1S/C31H29ClN4O6/c1-36(26-11-12-27(38)35-30(26)41)31(42)25-10-9-22(15-23(25)18-37)29(40)34-17-20-7-5-19(6-8-20)16-33-28(39)14-21-3-2-4-24(32)13-21/h2-10,13,15,18,26H,11-12,14,16-17H2,1H3,(H,33,39)(H,34,40)(H,35,38,41). The van der Waals surface area contributed by atoms with Crippen LogP contribution in [0.3, 0.4) is 0 Å². The van der Waals surface area contributed by atoms with Crippen molar-refractivity contribution in [2.45, 2.75) is 38.4 Å². The quantitative estimate of drug-likeness (QED) is 0.246. The monoisotopic (exact) mass is 588 g/mol. The maximum absolute atomic E-state index is 13.0. The van der Waals surface area contributed by atoms with Crippen molar-refractivity contribution in [1.82, 2.24) is 20.9 Å². The van der Waals surface area contributed by atoms with Gasteiger partial charge in [0.05, 0.1) is 12.0 Å². The highest BCUT2D eigenvalue weighted by Crippen LogP contribution is 2.18. The second kappa shape index (κ2) is 13.7. The number of likely N-dealkylation sites (N-methyl/N-ethyl adjacent to an activating group) is 1. The van der Waals surface area contributed by atoms with Crippen LogP contribution in [0.4, 0.5) is 0 Å². The molecule has 0 spiro atoms. The average Bonchev–Trinajstić information content (AvgIpc) is 2.98. The number of benzene rings is 3. The molecule has 1 unspecified atom stereocenters. The van der Waals surface area contributed by atoms with Gasteiger partial charge in [0, 0.05) is 42.7 Å². The van der Waals surface area contributed by atoms with Crippen LogP contribution in [-0.2, 0) is 33.9 Å². The molecule has 0 aromatic heterocycles. The zero-order valence-corrected chi connectivity index (χ0v) is 23.6. The van der Waals surface area contributed by atoms with E-state index in [1.54, 1.807) is 18.2 Å². The smallest absolute Gasteiger partial charge is 0.255 e. The lowest BCUT2D eigenvalue weighted by atomic mass is 10.0. The summed E-state index contributed by atoms with van der Waals surface area (Å²) in [6.45, 7) is 0.569. The summed E-state index contributed by atoms with van der Waals surface area (Å²) >= 11 is 5.96. The Morgan fingerprint density at radius 3 is 2.29 bits per heavy atom. The first-order valence-corrected chi connectivity index (χ1v) is 13.6. The van der Waals surface area contributed by atoms with Crippen LogP contribution < -0.4 is 16.0 Å². The minimum Gasteiger partial charge on any atom is -0.352 e. The number of carbonyl (C=O) groups excluding carboxylic acids is 6. The van der Waals surface area contributed by atoms with Gasteiger partial charge in [0.1, 0.15) is 6.04 Å². The maximum atomic E-state index is 13.0. The largest absolute Gasteiger partial charge is 0.352 e. The van der Waals surface area contributed by atoms with Crippen LogP contribution in [0.25, 0.3) is 0 Å². The fourth-order valence-corrected chi connectivity index (χ4v) is 4.75. The van der Waals surface area contributed by atoms with E-state index in [9.17, 15) is 28.8 Å². The zero-order chi connectivity index (χ0) is 30.2. The van der Waals surface area contributed by atoms with Gasteiger partial charge in [-0.15, -0.1) is 0 Å². The minimum atomic E-state index is -0.839. The van der Waals surface area contributed by atoms with Crippen molar-refractivity contribution in [3.05, 3.63) is 105 Å². The van der Waals surface area contributed by atoms with E-state index >= 15 is 0 Å². The third-order valence-electron chi connectivity index (χ3n) is 6.89. The van der Waals surface area contributed by atoms with Crippen LogP contribution in [0.2, 0.25) is 5.02 Å². The molecule has 10 nitrogen and oxygen atoms in total. The summed E-state index contributed by atoms with van der Waals surface area (Å²) in [5.74, 6) is -2.10. The summed E-state index contributed by atoms with van der Waals surface area (Å²) in [4.78, 5) is 74.6. The van der Waals surface area contributed by atoms with Crippen LogP contribution in [0.1, 0.15) is 60.6 Å². The molecule has 4 rings (SSSR count). The van der Waals surface area contributed by atoms with Crippen LogP contribution in [-0.4, -0.2) is 53.8 Å². The van der Waals surface area contributed by atoms with Crippen molar-refractivity contribution in [1.29, 1.82) is 0 Å². The van der Waals surface area contributed by atoms with Crippen molar-refractivity contribution >= 4 is 47.4 Å². The molecule has 1 fully saturated rings. The first kappa shape index (κ1) is 30.1. The van der Waals surface area contributed by atoms with E-state index in [1.165, 1.54) is 30.1 Å². The summed E-state index contributed by atoms with van der Waals surface area (Å²) in [5, 5.41) is 8.44. The number of rotatable bonds is 10. The summed E-state index contributed by atoms with van der Waals surface area (Å²) in [5.41, 5.74) is 2.79. The van der Waals surface area contributed by atoms with Gasteiger partial charge in [0.15, 0.2) is 6.29 Å². The molecule has 1 atom stereocenters. The number of nitrogens with zero attached hydrogens (tertiary/aromatic N) is 1. The van der Waals surface area contributed by atoms with Gasteiger partial charge >= 0.3 is 0 Å². The third-order valence-corrected chi connectivity index (χ3v) is 7.12. The minimum absolute atomic E-state index is 0.00792. The molecule has 0 aliphatic carbocycles. The van der Waals surface area contributed by atoms with Crippen molar-refractivity contribution in [3.63, 3.8) is 0 Å². The second-order valence-corrected chi connectivity index (χ2v) is 10.3. The predicted molar refractivity (Wildman–Crippen MR) is 155 cm³/mol. The molecule has 3 N–H and O–H groups in total. The molecule has 1 aliphatic rings. The van der Waals surface area contributed by atoms with Crippen LogP contribution in [0, 0.1) is 0 Å². The molecular formula is C31H29ClN4O6. The normalized spacial score (nSPS) is 14.5. The highest BCUT2D eigenvalue weighted by molar-refractivity contribution is 6.30. The summed E-state index contributed by atoms with van der Waals surface area (Å²) in [7, 11) is 1.43. The van der Waals surface area contributed by atoms with E-state index < -0.39 is 29.7 Å². The van der Waals surface area contributed by atoms with Crippen LogP contribution in [0.5, 0.6) is 0 Å². The van der Waals surface area contributed by atoms with E-state index in [0.29, 0.717) is 17.9 Å². The van der Waals surface area contributed by atoms with E-state index in [0.717, 1.165) is 16.7 Å². The summed E-state index contributed by atoms with van der Waals surface area (Å²) in [6.07, 6.45) is 0.998. The lowest BCUT2D eigenvalue weighted by Gasteiger charge is -2.30. The van der Waals surface area contributed by atoms with Gasteiger partial charge in [-0.3, -0.25) is 34.1 Å². The number of amides is 5. The molecule has 3 aromatic carbocycles. The molecule has 0 radical (unpaired) electrons. The zero-order valence-electron chi connectivity index (χ0n) is 22.8. The first-order chi connectivity index (χ1) is 20.1. The number of carbonyl (C=O) groups is 6. The average molecular weight is 589 g/mol. The van der Waals surface area contributed by atoms with Crippen molar-refractivity contribution < 1.29 is 28.8 Å². The fraction of sp³-hybridized carbons (Fsp3) is 0.226. The fourth-order valence-electron chi connectivity index (χ4n) is 4.53. The van der Waals surface area contributed by atoms with Gasteiger partial charge < -0.3 is 15.5 Å². The molecule has 42 heavy (non-hydrogen) atoms. The first-order valence-electron chi connectivity index (χ1n) is 13.2.